The lowest BCUT2D eigenvalue weighted by Crippen LogP contribution is -2.15. The molecule has 0 saturated heterocycles. The quantitative estimate of drug-likeness (QED) is 0.744. The van der Waals surface area contributed by atoms with Gasteiger partial charge in [0.05, 0.1) is 31.7 Å². The zero-order chi connectivity index (χ0) is 17.0. The van der Waals surface area contributed by atoms with Crippen LogP contribution in [-0.2, 0) is 0 Å². The number of ether oxygens (including phenoxy) is 2. The van der Waals surface area contributed by atoms with Crippen molar-refractivity contribution in [2.75, 3.05) is 38.5 Å². The van der Waals surface area contributed by atoms with Gasteiger partial charge in [0.15, 0.2) is 11.5 Å². The maximum Gasteiger partial charge on any atom is 0.256 e. The fraction of sp³-hybridized carbons (Fsp3) is 0.250. The average Bonchev–Trinajstić information content (AvgIpc) is 2.54. The molecule has 0 atom stereocenters. The standard InChI is InChI=1S/C16H18IN3O3/c1-20(2)15-6-5-10(9-18-15)19-16(21)11-7-13(22-3)14(23-4)8-12(11)17/h5-9H,1-4H3,(H,19,21). The smallest absolute Gasteiger partial charge is 0.256 e. The lowest BCUT2D eigenvalue weighted by molar-refractivity contribution is 0.102. The fourth-order valence-corrected chi connectivity index (χ4v) is 2.63. The van der Waals surface area contributed by atoms with Gasteiger partial charge in [0.1, 0.15) is 5.82 Å². The first kappa shape index (κ1) is 17.3. The highest BCUT2D eigenvalue weighted by Crippen LogP contribution is 2.31. The second-order valence-electron chi connectivity index (χ2n) is 4.94. The summed E-state index contributed by atoms with van der Waals surface area (Å²) in [5, 5.41) is 2.83. The van der Waals surface area contributed by atoms with Gasteiger partial charge in [-0.15, -0.1) is 0 Å². The Balaban J connectivity index is 2.23. The number of rotatable bonds is 5. The Morgan fingerprint density at radius 1 is 1.17 bits per heavy atom. The summed E-state index contributed by atoms with van der Waals surface area (Å²) in [6.45, 7) is 0. The van der Waals surface area contributed by atoms with Crippen molar-refractivity contribution in [3.05, 3.63) is 39.6 Å². The van der Waals surface area contributed by atoms with E-state index in [4.69, 9.17) is 9.47 Å². The molecule has 6 nitrogen and oxygen atoms in total. The minimum absolute atomic E-state index is 0.227. The van der Waals surface area contributed by atoms with Crippen LogP contribution in [0.4, 0.5) is 11.5 Å². The van der Waals surface area contributed by atoms with E-state index in [2.05, 4.69) is 32.9 Å². The Labute approximate surface area is 148 Å². The molecule has 122 valence electrons. The maximum absolute atomic E-state index is 12.5. The maximum atomic E-state index is 12.5. The molecule has 1 aromatic carbocycles. The van der Waals surface area contributed by atoms with Crippen LogP contribution in [0.1, 0.15) is 10.4 Å². The Bertz CT molecular complexity index is 702. The number of methoxy groups -OCH3 is 2. The van der Waals surface area contributed by atoms with Crippen LogP contribution in [0.25, 0.3) is 0 Å². The average molecular weight is 427 g/mol. The Hall–Kier alpha value is -2.03. The summed E-state index contributed by atoms with van der Waals surface area (Å²) >= 11 is 2.10. The Morgan fingerprint density at radius 2 is 1.83 bits per heavy atom. The second kappa shape index (κ2) is 7.49. The Kier molecular flexibility index (Phi) is 5.64. The van der Waals surface area contributed by atoms with Crippen molar-refractivity contribution in [3.63, 3.8) is 0 Å². The molecule has 0 aliphatic rings. The number of pyridine rings is 1. The van der Waals surface area contributed by atoms with Gasteiger partial charge in [-0.2, -0.15) is 0 Å². The minimum Gasteiger partial charge on any atom is -0.493 e. The summed E-state index contributed by atoms with van der Waals surface area (Å²) in [7, 11) is 6.92. The van der Waals surface area contributed by atoms with E-state index in [0.29, 0.717) is 22.7 Å². The summed E-state index contributed by atoms with van der Waals surface area (Å²) in [5.74, 6) is 1.70. The van der Waals surface area contributed by atoms with Crippen LogP contribution >= 0.6 is 22.6 Å². The van der Waals surface area contributed by atoms with Crippen molar-refractivity contribution in [1.82, 2.24) is 4.98 Å². The summed E-state index contributed by atoms with van der Waals surface area (Å²) in [6.07, 6.45) is 1.63. The van der Waals surface area contributed by atoms with Crippen LogP contribution in [0.3, 0.4) is 0 Å². The number of hydrogen-bond donors (Lipinski definition) is 1. The van der Waals surface area contributed by atoms with Gasteiger partial charge in [0.2, 0.25) is 0 Å². The topological polar surface area (TPSA) is 63.7 Å². The lowest BCUT2D eigenvalue weighted by Gasteiger charge is -2.13. The van der Waals surface area contributed by atoms with E-state index in [-0.39, 0.29) is 5.91 Å². The third-order valence-corrected chi connectivity index (χ3v) is 4.07. The number of nitrogens with zero attached hydrogens (tertiary/aromatic N) is 2. The van der Waals surface area contributed by atoms with Crippen molar-refractivity contribution < 1.29 is 14.3 Å². The minimum atomic E-state index is -0.227. The van der Waals surface area contributed by atoms with Crippen LogP contribution in [0, 0.1) is 3.57 Å². The van der Waals surface area contributed by atoms with Crippen molar-refractivity contribution in [3.8, 4) is 11.5 Å². The second-order valence-corrected chi connectivity index (χ2v) is 6.10. The van der Waals surface area contributed by atoms with Gasteiger partial charge in [-0.05, 0) is 46.9 Å². The molecule has 2 aromatic rings. The van der Waals surface area contributed by atoms with E-state index in [1.165, 1.54) is 7.11 Å². The van der Waals surface area contributed by atoms with Gasteiger partial charge in [-0.3, -0.25) is 4.79 Å². The molecule has 0 spiro atoms. The van der Waals surface area contributed by atoms with E-state index < -0.39 is 0 Å². The molecule has 0 fully saturated rings. The number of hydrogen-bond acceptors (Lipinski definition) is 5. The lowest BCUT2D eigenvalue weighted by atomic mass is 10.2. The van der Waals surface area contributed by atoms with Crippen molar-refractivity contribution in [1.29, 1.82) is 0 Å². The molecule has 1 amide bonds. The van der Waals surface area contributed by atoms with Crippen molar-refractivity contribution in [2.24, 2.45) is 0 Å². The molecule has 1 N–H and O–H groups in total. The van der Waals surface area contributed by atoms with Gasteiger partial charge < -0.3 is 19.7 Å². The Morgan fingerprint density at radius 3 is 2.35 bits per heavy atom. The van der Waals surface area contributed by atoms with E-state index in [1.807, 2.05) is 31.1 Å². The molecule has 0 saturated carbocycles. The monoisotopic (exact) mass is 427 g/mol. The van der Waals surface area contributed by atoms with E-state index >= 15 is 0 Å². The normalized spacial score (nSPS) is 10.1. The molecule has 1 aromatic heterocycles. The van der Waals surface area contributed by atoms with Crippen molar-refractivity contribution in [2.45, 2.75) is 0 Å². The van der Waals surface area contributed by atoms with Gasteiger partial charge >= 0.3 is 0 Å². The zero-order valence-corrected chi connectivity index (χ0v) is 15.5. The zero-order valence-electron chi connectivity index (χ0n) is 13.4. The molecule has 0 bridgehead atoms. The number of amides is 1. The number of halogens is 1. The molecule has 23 heavy (non-hydrogen) atoms. The number of carbonyl (C=O) groups excluding carboxylic acids is 1. The number of anilines is 2. The predicted molar refractivity (Wildman–Crippen MR) is 98.8 cm³/mol. The largest absolute Gasteiger partial charge is 0.493 e. The van der Waals surface area contributed by atoms with Crippen LogP contribution in [0.5, 0.6) is 11.5 Å². The first-order valence-electron chi connectivity index (χ1n) is 6.82. The van der Waals surface area contributed by atoms with Gasteiger partial charge in [-0.1, -0.05) is 0 Å². The number of benzene rings is 1. The highest BCUT2D eigenvalue weighted by atomic mass is 127. The fourth-order valence-electron chi connectivity index (χ4n) is 1.95. The highest BCUT2D eigenvalue weighted by Gasteiger charge is 2.16. The van der Waals surface area contributed by atoms with Crippen LogP contribution < -0.4 is 19.7 Å². The molecule has 0 aliphatic heterocycles. The van der Waals surface area contributed by atoms with Gasteiger partial charge in [0, 0.05) is 17.7 Å². The molecular formula is C16H18IN3O3. The molecule has 7 heteroatoms. The number of nitrogens with one attached hydrogen (secondary N) is 1. The SMILES string of the molecule is COc1cc(I)c(C(=O)Nc2ccc(N(C)C)nc2)cc1OC. The third kappa shape index (κ3) is 4.04. The van der Waals surface area contributed by atoms with Crippen LogP contribution in [0.15, 0.2) is 30.5 Å². The van der Waals surface area contributed by atoms with Crippen LogP contribution in [-0.4, -0.2) is 39.2 Å². The van der Waals surface area contributed by atoms with Gasteiger partial charge in [0.25, 0.3) is 5.91 Å². The number of aromatic nitrogens is 1. The molecular weight excluding hydrogens is 409 g/mol. The summed E-state index contributed by atoms with van der Waals surface area (Å²) < 4.78 is 11.3. The molecule has 0 unspecified atom stereocenters. The summed E-state index contributed by atoms with van der Waals surface area (Å²) in [4.78, 5) is 18.6. The third-order valence-electron chi connectivity index (χ3n) is 3.18. The summed E-state index contributed by atoms with van der Waals surface area (Å²) in [6, 6.07) is 7.09. The van der Waals surface area contributed by atoms with E-state index in [9.17, 15) is 4.79 Å². The summed E-state index contributed by atoms with van der Waals surface area (Å²) in [5.41, 5.74) is 1.14. The number of carbonyl (C=O) groups is 1. The molecule has 0 aliphatic carbocycles. The van der Waals surface area contributed by atoms with Crippen molar-refractivity contribution >= 4 is 40.0 Å². The molecule has 0 radical (unpaired) electrons. The van der Waals surface area contributed by atoms with E-state index in [0.717, 1.165) is 9.39 Å². The van der Waals surface area contributed by atoms with Crippen LogP contribution in [0.2, 0.25) is 0 Å². The molecule has 1 heterocycles. The first-order valence-corrected chi connectivity index (χ1v) is 7.90. The highest BCUT2D eigenvalue weighted by molar-refractivity contribution is 14.1. The first-order chi connectivity index (χ1) is 11.0. The van der Waals surface area contributed by atoms with Gasteiger partial charge in [-0.25, -0.2) is 4.98 Å². The van der Waals surface area contributed by atoms with E-state index in [1.54, 1.807) is 25.4 Å². The molecule has 2 rings (SSSR count). The predicted octanol–water partition coefficient (Wildman–Crippen LogP) is 3.02.